The molecular formula is C16H20BrFN4O. The Labute approximate surface area is 143 Å². The fraction of sp³-hybridized carbons (Fsp3) is 0.375. The van der Waals surface area contributed by atoms with E-state index in [0.717, 1.165) is 21.5 Å². The highest BCUT2D eigenvalue weighted by Crippen LogP contribution is 2.17. The van der Waals surface area contributed by atoms with Gasteiger partial charge in [-0.15, -0.1) is 0 Å². The SMILES string of the molecule is CN=C(NCc1cc(C(C)C)no1)NCc1cc(F)ccc1Br. The summed E-state index contributed by atoms with van der Waals surface area (Å²) in [7, 11) is 1.68. The van der Waals surface area contributed by atoms with E-state index in [-0.39, 0.29) is 5.82 Å². The molecule has 0 fully saturated rings. The van der Waals surface area contributed by atoms with Gasteiger partial charge in [-0.1, -0.05) is 34.9 Å². The van der Waals surface area contributed by atoms with Crippen molar-refractivity contribution >= 4 is 21.9 Å². The molecule has 0 unspecified atom stereocenters. The molecule has 0 amide bonds. The van der Waals surface area contributed by atoms with E-state index in [1.54, 1.807) is 13.1 Å². The van der Waals surface area contributed by atoms with Crippen molar-refractivity contribution in [2.45, 2.75) is 32.9 Å². The monoisotopic (exact) mass is 382 g/mol. The molecule has 2 aromatic rings. The summed E-state index contributed by atoms with van der Waals surface area (Å²) in [6.45, 7) is 5.05. The number of nitrogens with one attached hydrogen (secondary N) is 2. The first-order valence-corrected chi connectivity index (χ1v) is 8.13. The fourth-order valence-electron chi connectivity index (χ4n) is 1.93. The Morgan fingerprint density at radius 2 is 2.04 bits per heavy atom. The van der Waals surface area contributed by atoms with Crippen molar-refractivity contribution in [3.05, 3.63) is 51.6 Å². The Balaban J connectivity index is 1.89. The van der Waals surface area contributed by atoms with Gasteiger partial charge in [-0.2, -0.15) is 0 Å². The van der Waals surface area contributed by atoms with Gasteiger partial charge in [-0.3, -0.25) is 4.99 Å². The number of guanidine groups is 1. The molecule has 0 aliphatic heterocycles. The van der Waals surface area contributed by atoms with Crippen LogP contribution in [0.3, 0.4) is 0 Å². The molecular weight excluding hydrogens is 363 g/mol. The molecule has 7 heteroatoms. The van der Waals surface area contributed by atoms with Gasteiger partial charge < -0.3 is 15.2 Å². The zero-order valence-corrected chi connectivity index (χ0v) is 14.9. The van der Waals surface area contributed by atoms with Crippen molar-refractivity contribution < 1.29 is 8.91 Å². The zero-order chi connectivity index (χ0) is 16.8. The predicted octanol–water partition coefficient (Wildman–Crippen LogP) is 3.56. The summed E-state index contributed by atoms with van der Waals surface area (Å²) >= 11 is 3.40. The largest absolute Gasteiger partial charge is 0.359 e. The lowest BCUT2D eigenvalue weighted by Crippen LogP contribution is -2.36. The zero-order valence-electron chi connectivity index (χ0n) is 13.4. The van der Waals surface area contributed by atoms with E-state index in [0.29, 0.717) is 25.0 Å². The molecule has 0 radical (unpaired) electrons. The highest BCUT2D eigenvalue weighted by Gasteiger charge is 2.08. The first-order chi connectivity index (χ1) is 11.0. The minimum atomic E-state index is -0.268. The minimum Gasteiger partial charge on any atom is -0.359 e. The average Bonchev–Trinajstić information content (AvgIpc) is 3.00. The van der Waals surface area contributed by atoms with Gasteiger partial charge in [0, 0.05) is 24.1 Å². The van der Waals surface area contributed by atoms with Crippen LogP contribution < -0.4 is 10.6 Å². The van der Waals surface area contributed by atoms with Crippen molar-refractivity contribution in [2.75, 3.05) is 7.05 Å². The summed E-state index contributed by atoms with van der Waals surface area (Å²) in [6.07, 6.45) is 0. The van der Waals surface area contributed by atoms with Crippen molar-refractivity contribution in [1.29, 1.82) is 0 Å². The number of halogens is 2. The highest BCUT2D eigenvalue weighted by atomic mass is 79.9. The van der Waals surface area contributed by atoms with E-state index in [9.17, 15) is 4.39 Å². The van der Waals surface area contributed by atoms with Crippen LogP contribution in [-0.2, 0) is 13.1 Å². The van der Waals surface area contributed by atoms with Gasteiger partial charge in [0.05, 0.1) is 12.2 Å². The highest BCUT2D eigenvalue weighted by molar-refractivity contribution is 9.10. The van der Waals surface area contributed by atoms with Gasteiger partial charge in [-0.25, -0.2) is 4.39 Å². The second-order valence-corrected chi connectivity index (χ2v) is 6.24. The fourth-order valence-corrected chi connectivity index (χ4v) is 2.32. The Hall–Kier alpha value is -1.89. The molecule has 0 spiro atoms. The Kier molecular flexibility index (Phi) is 6.15. The molecule has 0 aliphatic rings. The summed E-state index contributed by atoms with van der Waals surface area (Å²) in [4.78, 5) is 4.14. The van der Waals surface area contributed by atoms with E-state index in [1.807, 2.05) is 6.07 Å². The summed E-state index contributed by atoms with van der Waals surface area (Å²) in [6, 6.07) is 6.51. The van der Waals surface area contributed by atoms with E-state index in [4.69, 9.17) is 4.52 Å². The molecule has 2 N–H and O–H groups in total. The van der Waals surface area contributed by atoms with Crippen LogP contribution in [0.2, 0.25) is 0 Å². The number of benzene rings is 1. The van der Waals surface area contributed by atoms with Gasteiger partial charge in [0.1, 0.15) is 5.82 Å². The number of aliphatic imine (C=N–C) groups is 1. The van der Waals surface area contributed by atoms with Crippen molar-refractivity contribution in [3.8, 4) is 0 Å². The normalized spacial score (nSPS) is 11.8. The molecule has 124 valence electrons. The van der Waals surface area contributed by atoms with Crippen LogP contribution in [-0.4, -0.2) is 18.2 Å². The van der Waals surface area contributed by atoms with E-state index < -0.39 is 0 Å². The minimum absolute atomic E-state index is 0.268. The molecule has 1 aromatic heterocycles. The van der Waals surface area contributed by atoms with Crippen molar-refractivity contribution in [1.82, 2.24) is 15.8 Å². The Morgan fingerprint density at radius 3 is 2.70 bits per heavy atom. The van der Waals surface area contributed by atoms with Crippen LogP contribution in [0.15, 0.2) is 38.3 Å². The van der Waals surface area contributed by atoms with Crippen LogP contribution in [0.25, 0.3) is 0 Å². The van der Waals surface area contributed by atoms with Crippen LogP contribution >= 0.6 is 15.9 Å². The maximum absolute atomic E-state index is 13.3. The van der Waals surface area contributed by atoms with Gasteiger partial charge in [0.25, 0.3) is 0 Å². The topological polar surface area (TPSA) is 62.5 Å². The van der Waals surface area contributed by atoms with Crippen molar-refractivity contribution in [2.24, 2.45) is 4.99 Å². The standard InChI is InChI=1S/C16H20BrFN4O/c1-10(2)15-7-13(23-22-15)9-21-16(19-3)20-8-11-6-12(18)4-5-14(11)17/h4-7,10H,8-9H2,1-3H3,(H2,19,20,21). The molecule has 23 heavy (non-hydrogen) atoms. The lowest BCUT2D eigenvalue weighted by Gasteiger charge is -2.11. The Bertz CT molecular complexity index is 684. The molecule has 1 aromatic carbocycles. The van der Waals surface area contributed by atoms with Crippen LogP contribution in [0.4, 0.5) is 4.39 Å². The molecule has 0 aliphatic carbocycles. The lowest BCUT2D eigenvalue weighted by atomic mass is 10.1. The number of hydrogen-bond donors (Lipinski definition) is 2. The maximum Gasteiger partial charge on any atom is 0.191 e. The first kappa shape index (κ1) is 17.5. The van der Waals surface area contributed by atoms with Gasteiger partial charge in [-0.05, 0) is 29.7 Å². The molecule has 0 atom stereocenters. The summed E-state index contributed by atoms with van der Waals surface area (Å²) in [5.41, 5.74) is 1.74. The molecule has 0 bridgehead atoms. The van der Waals surface area contributed by atoms with Crippen LogP contribution in [0.1, 0.15) is 36.8 Å². The third-order valence-electron chi connectivity index (χ3n) is 3.28. The summed E-state index contributed by atoms with van der Waals surface area (Å²) in [5.74, 6) is 1.40. The van der Waals surface area contributed by atoms with Crippen molar-refractivity contribution in [3.63, 3.8) is 0 Å². The van der Waals surface area contributed by atoms with Gasteiger partial charge in [0.2, 0.25) is 0 Å². The van der Waals surface area contributed by atoms with E-state index in [2.05, 4.69) is 50.6 Å². The van der Waals surface area contributed by atoms with Crippen LogP contribution in [0, 0.1) is 5.82 Å². The smallest absolute Gasteiger partial charge is 0.191 e. The van der Waals surface area contributed by atoms with Gasteiger partial charge in [0.15, 0.2) is 11.7 Å². The quantitative estimate of drug-likeness (QED) is 0.612. The molecule has 2 rings (SSSR count). The number of nitrogens with zero attached hydrogens (tertiary/aromatic N) is 2. The molecule has 0 saturated heterocycles. The first-order valence-electron chi connectivity index (χ1n) is 7.33. The molecule has 1 heterocycles. The predicted molar refractivity (Wildman–Crippen MR) is 91.7 cm³/mol. The second kappa shape index (κ2) is 8.10. The number of rotatable bonds is 5. The number of aromatic nitrogens is 1. The lowest BCUT2D eigenvalue weighted by molar-refractivity contribution is 0.372. The maximum atomic E-state index is 13.3. The number of hydrogen-bond acceptors (Lipinski definition) is 3. The van der Waals surface area contributed by atoms with Crippen LogP contribution in [0.5, 0.6) is 0 Å². The third kappa shape index (κ3) is 5.06. The second-order valence-electron chi connectivity index (χ2n) is 5.39. The summed E-state index contributed by atoms with van der Waals surface area (Å²) < 4.78 is 19.4. The molecule has 0 saturated carbocycles. The summed E-state index contributed by atoms with van der Waals surface area (Å²) in [5, 5.41) is 10.3. The van der Waals surface area contributed by atoms with E-state index >= 15 is 0 Å². The third-order valence-corrected chi connectivity index (χ3v) is 4.05. The van der Waals surface area contributed by atoms with Gasteiger partial charge >= 0.3 is 0 Å². The Morgan fingerprint density at radius 1 is 1.30 bits per heavy atom. The van der Waals surface area contributed by atoms with E-state index in [1.165, 1.54) is 12.1 Å². The molecule has 5 nitrogen and oxygen atoms in total. The average molecular weight is 383 g/mol.